The minimum absolute atomic E-state index is 0.0570. The van der Waals surface area contributed by atoms with E-state index in [1.807, 2.05) is 0 Å². The Morgan fingerprint density at radius 2 is 1.55 bits per heavy atom. The number of nitro benzene ring substituents is 2. The fourth-order valence-electron chi connectivity index (χ4n) is 4.98. The first-order chi connectivity index (χ1) is 23.3. The molecule has 1 aliphatic heterocycles. The van der Waals surface area contributed by atoms with Crippen molar-refractivity contribution in [1.29, 1.82) is 0 Å². The first-order valence-corrected chi connectivity index (χ1v) is 16.7. The van der Waals surface area contributed by atoms with Crippen LogP contribution in [-0.2, 0) is 30.7 Å². The second-order valence-electron chi connectivity index (χ2n) is 11.6. The van der Waals surface area contributed by atoms with Crippen LogP contribution in [0.2, 0.25) is 0 Å². The Morgan fingerprint density at radius 3 is 2.10 bits per heavy atom. The summed E-state index contributed by atoms with van der Waals surface area (Å²) in [5.41, 5.74) is 0.170. The Labute approximate surface area is 282 Å². The van der Waals surface area contributed by atoms with Crippen molar-refractivity contribution in [1.82, 2.24) is 9.62 Å². The van der Waals surface area contributed by atoms with Gasteiger partial charge in [0.1, 0.15) is 18.0 Å². The largest absolute Gasteiger partial charge is 0.514 e. The maximum absolute atomic E-state index is 14.0. The molecule has 4 rings (SSSR count). The molecule has 17 heteroatoms. The number of alkyl carbamates (subject to hydrolysis) is 1. The van der Waals surface area contributed by atoms with E-state index >= 15 is 0 Å². The summed E-state index contributed by atoms with van der Waals surface area (Å²) >= 11 is 0. The quantitative estimate of drug-likeness (QED) is 0.0976. The van der Waals surface area contributed by atoms with Gasteiger partial charge in [-0.1, -0.05) is 44.2 Å². The van der Waals surface area contributed by atoms with Crippen LogP contribution in [0.25, 0.3) is 0 Å². The molecule has 0 aromatic heterocycles. The summed E-state index contributed by atoms with van der Waals surface area (Å²) < 4.78 is 50.9. The summed E-state index contributed by atoms with van der Waals surface area (Å²) in [5.74, 6) is -0.312. The van der Waals surface area contributed by atoms with Gasteiger partial charge in [-0.25, -0.2) is 18.0 Å². The van der Waals surface area contributed by atoms with E-state index in [1.165, 1.54) is 12.1 Å². The van der Waals surface area contributed by atoms with Crippen LogP contribution in [0.4, 0.5) is 21.0 Å². The second-order valence-corrected chi connectivity index (χ2v) is 13.5. The summed E-state index contributed by atoms with van der Waals surface area (Å²) in [5, 5.41) is 25.0. The molecule has 3 aromatic rings. The van der Waals surface area contributed by atoms with Crippen molar-refractivity contribution >= 4 is 33.6 Å². The molecule has 0 unspecified atom stereocenters. The minimum atomic E-state index is -4.34. The molecule has 1 amide bonds. The molecule has 0 radical (unpaired) electrons. The second kappa shape index (κ2) is 16.8. The van der Waals surface area contributed by atoms with Crippen molar-refractivity contribution in [3.63, 3.8) is 0 Å². The van der Waals surface area contributed by atoms with E-state index in [1.54, 1.807) is 44.2 Å². The number of sulfonamides is 1. The van der Waals surface area contributed by atoms with Crippen LogP contribution >= 0.6 is 0 Å². The average molecular weight is 701 g/mol. The number of hydrogen-bond acceptors (Lipinski definition) is 12. The highest BCUT2D eigenvalue weighted by Crippen LogP contribution is 2.24. The lowest BCUT2D eigenvalue weighted by Crippen LogP contribution is -2.53. The number of nitrogens with one attached hydrogen (secondary N) is 1. The first kappa shape index (κ1) is 36.7. The molecule has 1 aliphatic rings. The SMILES string of the molecule is CC(C)CN(C[C@H](OC(=O)Oc1ccc([N+](=O)[O-])cc1)[C@@H](Cc1ccccc1)NC(=O)O[C@H]1CCOC1)S(=O)(=O)c1ccc([N+](=O)[O-])cc1. The predicted molar refractivity (Wildman–Crippen MR) is 173 cm³/mol. The summed E-state index contributed by atoms with van der Waals surface area (Å²) in [4.78, 5) is 47.1. The van der Waals surface area contributed by atoms with Gasteiger partial charge in [0.25, 0.3) is 11.4 Å². The fraction of sp³-hybridized carbons (Fsp3) is 0.375. The van der Waals surface area contributed by atoms with Gasteiger partial charge in [-0.3, -0.25) is 20.2 Å². The number of carbonyl (C=O) groups is 2. The summed E-state index contributed by atoms with van der Waals surface area (Å²) in [6.45, 7) is 3.63. The monoisotopic (exact) mass is 700 g/mol. The lowest BCUT2D eigenvalue weighted by Gasteiger charge is -2.32. The van der Waals surface area contributed by atoms with Gasteiger partial charge in [0.05, 0.1) is 40.5 Å². The number of amides is 1. The number of carbonyl (C=O) groups excluding carboxylic acids is 2. The number of rotatable bonds is 15. The Bertz CT molecular complexity index is 1700. The Hall–Kier alpha value is -5.13. The molecule has 0 bridgehead atoms. The number of hydrogen-bond donors (Lipinski definition) is 1. The molecule has 1 fully saturated rings. The number of benzene rings is 3. The van der Waals surface area contributed by atoms with Crippen molar-refractivity contribution in [3.05, 3.63) is 105 Å². The van der Waals surface area contributed by atoms with Gasteiger partial charge in [0, 0.05) is 37.2 Å². The molecular formula is C32H36N4O12S. The Morgan fingerprint density at radius 1 is 0.939 bits per heavy atom. The maximum atomic E-state index is 14.0. The van der Waals surface area contributed by atoms with E-state index in [2.05, 4.69) is 5.32 Å². The van der Waals surface area contributed by atoms with Gasteiger partial charge < -0.3 is 24.3 Å². The summed E-state index contributed by atoms with van der Waals surface area (Å²) in [6, 6.07) is 16.8. The van der Waals surface area contributed by atoms with Crippen LogP contribution in [-0.4, -0.2) is 79.4 Å². The van der Waals surface area contributed by atoms with Crippen LogP contribution in [0.15, 0.2) is 83.8 Å². The van der Waals surface area contributed by atoms with Crippen molar-refractivity contribution in [2.75, 3.05) is 26.3 Å². The molecule has 1 heterocycles. The third-order valence-corrected chi connectivity index (χ3v) is 9.19. The van der Waals surface area contributed by atoms with Crippen LogP contribution in [0.1, 0.15) is 25.8 Å². The van der Waals surface area contributed by atoms with Gasteiger partial charge in [-0.15, -0.1) is 0 Å². The van der Waals surface area contributed by atoms with E-state index < -0.39 is 56.9 Å². The standard InChI is InChI=1S/C32H36N4O12S/c1-22(2)19-34(49(43,44)28-14-10-25(11-15-28)36(41)42)20-30(48-32(38)47-26-12-8-24(9-13-26)35(39)40)29(18-23-6-4-3-5-7-23)33-31(37)46-27-16-17-45-21-27/h3-15,22,27,29-30H,16-21H2,1-2H3,(H,33,37)/t27-,29+,30-/m0/s1. The lowest BCUT2D eigenvalue weighted by atomic mass is 10.0. The van der Waals surface area contributed by atoms with Gasteiger partial charge >= 0.3 is 12.2 Å². The Kier molecular flexibility index (Phi) is 12.6. The third-order valence-electron chi connectivity index (χ3n) is 7.35. The maximum Gasteiger partial charge on any atom is 0.514 e. The fourth-order valence-corrected chi connectivity index (χ4v) is 6.60. The van der Waals surface area contributed by atoms with Crippen molar-refractivity contribution < 1.29 is 46.8 Å². The summed E-state index contributed by atoms with van der Waals surface area (Å²) in [7, 11) is -4.34. The smallest absolute Gasteiger partial charge is 0.444 e. The van der Waals surface area contributed by atoms with E-state index in [0.29, 0.717) is 18.6 Å². The van der Waals surface area contributed by atoms with Gasteiger partial charge in [-0.05, 0) is 42.2 Å². The third kappa shape index (κ3) is 10.7. The highest BCUT2D eigenvalue weighted by atomic mass is 32.2. The molecule has 0 aliphatic carbocycles. The number of nitro groups is 2. The predicted octanol–water partition coefficient (Wildman–Crippen LogP) is 4.86. The molecule has 16 nitrogen and oxygen atoms in total. The van der Waals surface area contributed by atoms with Gasteiger partial charge in [0.15, 0.2) is 0 Å². The lowest BCUT2D eigenvalue weighted by molar-refractivity contribution is -0.385. The van der Waals surface area contributed by atoms with Crippen molar-refractivity contribution in [2.45, 2.75) is 49.8 Å². The minimum Gasteiger partial charge on any atom is -0.444 e. The molecular weight excluding hydrogens is 664 g/mol. The highest BCUT2D eigenvalue weighted by molar-refractivity contribution is 7.89. The molecule has 0 spiro atoms. The zero-order valence-corrected chi connectivity index (χ0v) is 27.5. The average Bonchev–Trinajstić information content (AvgIpc) is 3.57. The Balaban J connectivity index is 1.69. The zero-order valence-electron chi connectivity index (χ0n) is 26.7. The van der Waals surface area contributed by atoms with E-state index in [4.69, 9.17) is 18.9 Å². The normalized spacial score (nSPS) is 15.7. The molecule has 262 valence electrons. The van der Waals surface area contributed by atoms with Crippen LogP contribution in [0.5, 0.6) is 5.75 Å². The number of nitrogens with zero attached hydrogens (tertiary/aromatic N) is 3. The first-order valence-electron chi connectivity index (χ1n) is 15.3. The van der Waals surface area contributed by atoms with E-state index in [9.17, 15) is 38.2 Å². The topological polar surface area (TPSA) is 207 Å². The molecule has 3 aromatic carbocycles. The molecule has 3 atom stereocenters. The molecule has 1 saturated heterocycles. The molecule has 1 N–H and O–H groups in total. The van der Waals surface area contributed by atoms with Gasteiger partial charge in [0.2, 0.25) is 10.0 Å². The molecule has 49 heavy (non-hydrogen) atoms. The summed E-state index contributed by atoms with van der Waals surface area (Å²) in [6.07, 6.45) is -3.46. The van der Waals surface area contributed by atoms with Crippen LogP contribution in [0, 0.1) is 26.1 Å². The van der Waals surface area contributed by atoms with E-state index in [0.717, 1.165) is 40.7 Å². The van der Waals surface area contributed by atoms with Crippen LogP contribution < -0.4 is 10.1 Å². The van der Waals surface area contributed by atoms with Crippen molar-refractivity contribution in [3.8, 4) is 5.75 Å². The van der Waals surface area contributed by atoms with Gasteiger partial charge in [-0.2, -0.15) is 4.31 Å². The number of ether oxygens (including phenoxy) is 4. The molecule has 0 saturated carbocycles. The number of non-ortho nitro benzene ring substituents is 2. The van der Waals surface area contributed by atoms with Crippen LogP contribution in [0.3, 0.4) is 0 Å². The van der Waals surface area contributed by atoms with E-state index in [-0.39, 0.29) is 47.5 Å². The zero-order chi connectivity index (χ0) is 35.6. The highest BCUT2D eigenvalue weighted by Gasteiger charge is 2.36. The van der Waals surface area contributed by atoms with Crippen molar-refractivity contribution in [2.24, 2.45) is 5.92 Å².